The average molecular weight is 371 g/mol. The van der Waals surface area contributed by atoms with Crippen molar-refractivity contribution >= 4 is 29.1 Å². The first-order valence-corrected chi connectivity index (χ1v) is 9.44. The molecule has 0 unspecified atom stereocenters. The molecule has 2 fully saturated rings. The van der Waals surface area contributed by atoms with Crippen molar-refractivity contribution in [2.75, 3.05) is 26.2 Å². The molecule has 24 heavy (non-hydrogen) atoms. The van der Waals surface area contributed by atoms with E-state index in [9.17, 15) is 9.90 Å². The van der Waals surface area contributed by atoms with Gasteiger partial charge in [-0.2, -0.15) is 0 Å². The Hall–Kier alpha value is -0.810. The van der Waals surface area contributed by atoms with E-state index in [1.165, 1.54) is 12.8 Å². The SMILES string of the molecule is O=C(Cc1ccc(Cl)c(Cl)c1)N1CCC[C@H](O)[C@@H]1CN1CCCC1. The molecule has 2 aliphatic heterocycles. The molecule has 0 spiro atoms. The van der Waals surface area contributed by atoms with Crippen LogP contribution in [0.15, 0.2) is 18.2 Å². The summed E-state index contributed by atoms with van der Waals surface area (Å²) in [4.78, 5) is 17.0. The van der Waals surface area contributed by atoms with Gasteiger partial charge in [0.05, 0.1) is 28.6 Å². The van der Waals surface area contributed by atoms with E-state index in [4.69, 9.17) is 23.2 Å². The van der Waals surface area contributed by atoms with E-state index in [0.717, 1.165) is 44.6 Å². The molecule has 2 heterocycles. The largest absolute Gasteiger partial charge is 0.391 e. The number of hydrogen-bond donors (Lipinski definition) is 1. The Kier molecular flexibility index (Phi) is 6.03. The van der Waals surface area contributed by atoms with E-state index >= 15 is 0 Å². The highest BCUT2D eigenvalue weighted by atomic mass is 35.5. The van der Waals surface area contributed by atoms with Crippen LogP contribution in [0, 0.1) is 0 Å². The lowest BCUT2D eigenvalue weighted by Gasteiger charge is -2.41. The number of aliphatic hydroxyl groups is 1. The lowest BCUT2D eigenvalue weighted by Crippen LogP contribution is -2.56. The third kappa shape index (κ3) is 4.23. The van der Waals surface area contributed by atoms with Crippen LogP contribution < -0.4 is 0 Å². The fraction of sp³-hybridized carbons (Fsp3) is 0.611. The molecule has 2 aliphatic rings. The first-order chi connectivity index (χ1) is 11.5. The van der Waals surface area contributed by atoms with Gasteiger partial charge in [0.25, 0.3) is 0 Å². The van der Waals surface area contributed by atoms with Gasteiger partial charge in [-0.25, -0.2) is 0 Å². The molecule has 0 radical (unpaired) electrons. The first-order valence-electron chi connectivity index (χ1n) is 8.68. The number of benzene rings is 1. The van der Waals surface area contributed by atoms with Gasteiger partial charge in [0.15, 0.2) is 0 Å². The predicted molar refractivity (Wildman–Crippen MR) is 96.6 cm³/mol. The maximum Gasteiger partial charge on any atom is 0.227 e. The van der Waals surface area contributed by atoms with Crippen LogP contribution >= 0.6 is 23.2 Å². The molecule has 1 N–H and O–H groups in total. The summed E-state index contributed by atoms with van der Waals surface area (Å²) in [5.41, 5.74) is 0.856. The van der Waals surface area contributed by atoms with Crippen molar-refractivity contribution in [3.05, 3.63) is 33.8 Å². The van der Waals surface area contributed by atoms with Crippen molar-refractivity contribution in [2.45, 2.75) is 44.2 Å². The standard InChI is InChI=1S/C18H24Cl2N2O2/c19-14-6-5-13(10-15(14)20)11-18(24)22-9-3-4-17(23)16(22)12-21-7-1-2-8-21/h5-6,10,16-17,23H,1-4,7-9,11-12H2/t16-,17-/m0/s1. The molecule has 0 bridgehead atoms. The fourth-order valence-electron chi connectivity index (χ4n) is 3.72. The van der Waals surface area contributed by atoms with E-state index in [1.807, 2.05) is 11.0 Å². The van der Waals surface area contributed by atoms with E-state index in [0.29, 0.717) is 16.5 Å². The Labute approximate surface area is 153 Å². The minimum atomic E-state index is -0.433. The zero-order valence-electron chi connectivity index (χ0n) is 13.8. The van der Waals surface area contributed by atoms with Gasteiger partial charge >= 0.3 is 0 Å². The number of carbonyl (C=O) groups excluding carboxylic acids is 1. The summed E-state index contributed by atoms with van der Waals surface area (Å²) in [6.07, 6.45) is 3.90. The second kappa shape index (κ2) is 8.05. The molecule has 1 aromatic rings. The molecule has 2 atom stereocenters. The van der Waals surface area contributed by atoms with Crippen LogP contribution in [-0.4, -0.2) is 59.1 Å². The summed E-state index contributed by atoms with van der Waals surface area (Å²) in [5.74, 6) is 0.0522. The zero-order chi connectivity index (χ0) is 17.1. The van der Waals surface area contributed by atoms with Crippen LogP contribution in [0.1, 0.15) is 31.2 Å². The Morgan fingerprint density at radius 1 is 1.12 bits per heavy atom. The van der Waals surface area contributed by atoms with Crippen LogP contribution in [0.25, 0.3) is 0 Å². The van der Waals surface area contributed by atoms with Gasteiger partial charge in [0.2, 0.25) is 5.91 Å². The number of hydrogen-bond acceptors (Lipinski definition) is 3. The van der Waals surface area contributed by atoms with E-state index in [1.54, 1.807) is 12.1 Å². The zero-order valence-corrected chi connectivity index (χ0v) is 15.3. The van der Waals surface area contributed by atoms with Crippen LogP contribution in [-0.2, 0) is 11.2 Å². The Balaban J connectivity index is 1.68. The molecular formula is C18H24Cl2N2O2. The van der Waals surface area contributed by atoms with Gasteiger partial charge in [0.1, 0.15) is 0 Å². The number of amides is 1. The minimum absolute atomic E-state index is 0.0522. The second-order valence-electron chi connectivity index (χ2n) is 6.80. The normalized spacial score (nSPS) is 25.2. The Morgan fingerprint density at radius 2 is 1.88 bits per heavy atom. The second-order valence-corrected chi connectivity index (χ2v) is 7.61. The molecule has 132 valence electrons. The predicted octanol–water partition coefficient (Wildman–Crippen LogP) is 2.98. The Bertz CT molecular complexity index is 590. The quantitative estimate of drug-likeness (QED) is 0.885. The number of piperidine rings is 1. The number of halogens is 2. The molecule has 1 aromatic carbocycles. The van der Waals surface area contributed by atoms with Crippen molar-refractivity contribution in [3.8, 4) is 0 Å². The molecule has 4 nitrogen and oxygen atoms in total. The summed E-state index contributed by atoms with van der Waals surface area (Å²) in [5, 5.41) is 11.4. The van der Waals surface area contributed by atoms with Crippen molar-refractivity contribution < 1.29 is 9.90 Å². The van der Waals surface area contributed by atoms with Crippen molar-refractivity contribution in [1.29, 1.82) is 0 Å². The number of likely N-dealkylation sites (tertiary alicyclic amines) is 2. The molecule has 2 saturated heterocycles. The summed E-state index contributed by atoms with van der Waals surface area (Å²) >= 11 is 12.0. The lowest BCUT2D eigenvalue weighted by molar-refractivity contribution is -0.138. The summed E-state index contributed by atoms with van der Waals surface area (Å²) < 4.78 is 0. The smallest absolute Gasteiger partial charge is 0.227 e. The van der Waals surface area contributed by atoms with Crippen LogP contribution in [0.5, 0.6) is 0 Å². The van der Waals surface area contributed by atoms with Crippen LogP contribution in [0.2, 0.25) is 10.0 Å². The molecule has 6 heteroatoms. The monoisotopic (exact) mass is 370 g/mol. The number of aliphatic hydroxyl groups excluding tert-OH is 1. The third-order valence-electron chi connectivity index (χ3n) is 5.05. The van der Waals surface area contributed by atoms with Crippen molar-refractivity contribution in [1.82, 2.24) is 9.80 Å². The summed E-state index contributed by atoms with van der Waals surface area (Å²) in [6, 6.07) is 5.20. The highest BCUT2D eigenvalue weighted by molar-refractivity contribution is 6.42. The summed E-state index contributed by atoms with van der Waals surface area (Å²) in [7, 11) is 0. The van der Waals surface area contributed by atoms with Gasteiger partial charge in [-0.15, -0.1) is 0 Å². The topological polar surface area (TPSA) is 43.8 Å². The molecule has 3 rings (SSSR count). The molecule has 0 saturated carbocycles. The minimum Gasteiger partial charge on any atom is -0.391 e. The van der Waals surface area contributed by atoms with Gasteiger partial charge in [-0.1, -0.05) is 29.3 Å². The number of rotatable bonds is 4. The van der Waals surface area contributed by atoms with Gasteiger partial charge in [-0.05, 0) is 56.5 Å². The maximum absolute atomic E-state index is 12.8. The highest BCUT2D eigenvalue weighted by Crippen LogP contribution is 2.25. The maximum atomic E-state index is 12.8. The molecule has 0 aromatic heterocycles. The number of nitrogens with zero attached hydrogens (tertiary/aromatic N) is 2. The molecule has 0 aliphatic carbocycles. The van der Waals surface area contributed by atoms with Crippen LogP contribution in [0.4, 0.5) is 0 Å². The van der Waals surface area contributed by atoms with E-state index in [2.05, 4.69) is 4.90 Å². The lowest BCUT2D eigenvalue weighted by atomic mass is 9.97. The third-order valence-corrected chi connectivity index (χ3v) is 5.79. The highest BCUT2D eigenvalue weighted by Gasteiger charge is 2.34. The van der Waals surface area contributed by atoms with Gasteiger partial charge in [0, 0.05) is 13.1 Å². The fourth-order valence-corrected chi connectivity index (χ4v) is 4.04. The van der Waals surface area contributed by atoms with Crippen molar-refractivity contribution in [2.24, 2.45) is 0 Å². The van der Waals surface area contributed by atoms with Crippen LogP contribution in [0.3, 0.4) is 0 Å². The number of carbonyl (C=O) groups is 1. The average Bonchev–Trinajstić information content (AvgIpc) is 3.06. The molecule has 1 amide bonds. The molecular weight excluding hydrogens is 347 g/mol. The van der Waals surface area contributed by atoms with E-state index < -0.39 is 6.10 Å². The summed E-state index contributed by atoms with van der Waals surface area (Å²) in [6.45, 7) is 3.63. The van der Waals surface area contributed by atoms with Gasteiger partial charge in [-0.3, -0.25) is 4.79 Å². The first kappa shape index (κ1) is 18.0. The van der Waals surface area contributed by atoms with Crippen molar-refractivity contribution in [3.63, 3.8) is 0 Å². The van der Waals surface area contributed by atoms with Gasteiger partial charge < -0.3 is 14.9 Å². The van der Waals surface area contributed by atoms with E-state index in [-0.39, 0.29) is 11.9 Å². The Morgan fingerprint density at radius 3 is 2.58 bits per heavy atom.